The van der Waals surface area contributed by atoms with Crippen molar-refractivity contribution in [1.82, 2.24) is 0 Å². The van der Waals surface area contributed by atoms with Gasteiger partial charge in [0.05, 0.1) is 0 Å². The van der Waals surface area contributed by atoms with Gasteiger partial charge in [0.1, 0.15) is 0 Å². The Morgan fingerprint density at radius 1 is 1.00 bits per heavy atom. The van der Waals surface area contributed by atoms with E-state index in [0.717, 1.165) is 0 Å². The topological polar surface area (TPSA) is 31.5 Å². The maximum atomic E-state index is 0. The molecule has 4 heavy (non-hydrogen) atoms. The SMILES string of the molecule is O.[Mo].[SbH3].[V]. The summed E-state index contributed by atoms with van der Waals surface area (Å²) in [5.74, 6) is 0. The van der Waals surface area contributed by atoms with Crippen LogP contribution in [-0.2, 0) is 39.6 Å². The van der Waals surface area contributed by atoms with Gasteiger partial charge in [0.25, 0.3) is 0 Å². The molecule has 0 spiro atoms. The Morgan fingerprint density at radius 2 is 1.00 bits per heavy atom. The van der Waals surface area contributed by atoms with Crippen LogP contribution in [0.4, 0.5) is 0 Å². The molecule has 0 aliphatic heterocycles. The largest absolute Gasteiger partial charge is 0 e. The van der Waals surface area contributed by atoms with Crippen LogP contribution in [0.1, 0.15) is 0 Å². The van der Waals surface area contributed by atoms with Crippen molar-refractivity contribution in [2.75, 3.05) is 0 Å². The minimum Gasteiger partial charge on any atom is 0 e. The molecule has 1 radical (unpaired) electrons. The Bertz CT molecular complexity index is 8.00. The fourth-order valence-corrected chi connectivity index (χ4v) is 0. The Morgan fingerprint density at radius 3 is 1.00 bits per heavy atom. The van der Waals surface area contributed by atoms with E-state index in [1.807, 2.05) is 0 Å². The summed E-state index contributed by atoms with van der Waals surface area (Å²) in [6, 6.07) is 0. The predicted octanol–water partition coefficient (Wildman–Crippen LogP) is -2.01. The molecule has 4 heteroatoms. The van der Waals surface area contributed by atoms with Gasteiger partial charge < -0.3 is 5.48 Å². The number of hydrogen-bond acceptors (Lipinski definition) is 0. The Hall–Kier alpha value is 2.05. The molecule has 0 aliphatic rings. The van der Waals surface area contributed by atoms with Crippen molar-refractivity contribution in [1.29, 1.82) is 0 Å². The Labute approximate surface area is 68.8 Å². The van der Waals surface area contributed by atoms with E-state index in [0.29, 0.717) is 0 Å². The van der Waals surface area contributed by atoms with Crippen molar-refractivity contribution in [3.8, 4) is 0 Å². The van der Waals surface area contributed by atoms with Crippen molar-refractivity contribution in [3.63, 3.8) is 0 Å². The minimum atomic E-state index is 0. The van der Waals surface area contributed by atoms with Gasteiger partial charge in [-0.25, -0.2) is 0 Å². The molecule has 0 bridgehead atoms. The molecule has 27 valence electrons. The van der Waals surface area contributed by atoms with Crippen LogP contribution in [0.3, 0.4) is 0 Å². The zero-order chi connectivity index (χ0) is 0. The molecule has 0 fully saturated rings. The van der Waals surface area contributed by atoms with Crippen molar-refractivity contribution in [3.05, 3.63) is 0 Å². The molecule has 0 heterocycles. The number of rotatable bonds is 0. The molecule has 0 saturated heterocycles. The fourth-order valence-electron chi connectivity index (χ4n) is 0. The minimum absolute atomic E-state index is 0. The summed E-state index contributed by atoms with van der Waals surface area (Å²) in [6.07, 6.45) is 0. The van der Waals surface area contributed by atoms with Gasteiger partial charge in [0, 0.05) is 39.6 Å². The van der Waals surface area contributed by atoms with Crippen molar-refractivity contribution < 1.29 is 45.1 Å². The molecule has 1 nitrogen and oxygen atoms in total. The van der Waals surface area contributed by atoms with Crippen LogP contribution in [0.5, 0.6) is 0 Å². The van der Waals surface area contributed by atoms with Crippen LogP contribution in [-0.4, -0.2) is 29.9 Å². The first-order chi connectivity index (χ1) is 0. The van der Waals surface area contributed by atoms with Gasteiger partial charge in [0.15, 0.2) is 0 Å². The summed E-state index contributed by atoms with van der Waals surface area (Å²) in [7, 11) is 0. The molecule has 0 aliphatic carbocycles. The zero-order valence-electron chi connectivity index (χ0n) is 2.06. The van der Waals surface area contributed by atoms with Gasteiger partial charge in [0.2, 0.25) is 0 Å². The second-order valence-corrected chi connectivity index (χ2v) is 0. The van der Waals surface area contributed by atoms with Gasteiger partial charge >= 0.3 is 24.4 Å². The summed E-state index contributed by atoms with van der Waals surface area (Å²) < 4.78 is 0. The molecule has 2 N–H and O–H groups in total. The van der Waals surface area contributed by atoms with Crippen molar-refractivity contribution in [2.24, 2.45) is 0 Å². The van der Waals surface area contributed by atoms with Crippen LogP contribution in [0.25, 0.3) is 0 Å². The van der Waals surface area contributed by atoms with E-state index in [2.05, 4.69) is 0 Å². The Kier molecular flexibility index (Phi) is 181. The molecule has 0 saturated carbocycles. The van der Waals surface area contributed by atoms with Crippen LogP contribution in [0, 0.1) is 0 Å². The van der Waals surface area contributed by atoms with E-state index in [-0.39, 0.29) is 69.5 Å². The molecule has 0 atom stereocenters. The van der Waals surface area contributed by atoms with Crippen LogP contribution < -0.4 is 0 Å². The summed E-state index contributed by atoms with van der Waals surface area (Å²) in [6.45, 7) is 0. The fraction of sp³-hybridized carbons (Fsp3) is 0. The summed E-state index contributed by atoms with van der Waals surface area (Å²) in [5, 5.41) is 0. The number of hydrogen-bond donors (Lipinski definition) is 0. The van der Waals surface area contributed by atoms with E-state index < -0.39 is 0 Å². The van der Waals surface area contributed by atoms with E-state index in [1.54, 1.807) is 0 Å². The summed E-state index contributed by atoms with van der Waals surface area (Å²) in [5.41, 5.74) is 0. The quantitative estimate of drug-likeness (QED) is 0.462. The maximum absolute atomic E-state index is 0. The van der Waals surface area contributed by atoms with Crippen molar-refractivity contribution in [2.45, 2.75) is 0 Å². The molecular weight excluding hydrogens is 285 g/mol. The second-order valence-electron chi connectivity index (χ2n) is 0. The van der Waals surface area contributed by atoms with Gasteiger partial charge in [-0.1, -0.05) is 0 Å². The third-order valence-electron chi connectivity index (χ3n) is 0. The first-order valence-electron chi connectivity index (χ1n) is 0. The average molecular weight is 290 g/mol. The van der Waals surface area contributed by atoms with Crippen LogP contribution in [0.2, 0.25) is 0 Å². The molecule has 0 aromatic heterocycles. The molecular formula is H5MoOSbV. The van der Waals surface area contributed by atoms with Crippen molar-refractivity contribution >= 4 is 24.4 Å². The average Bonchev–Trinajstić information content (AvgIpc) is 0. The van der Waals surface area contributed by atoms with Gasteiger partial charge in [-0.2, -0.15) is 0 Å². The van der Waals surface area contributed by atoms with E-state index in [4.69, 9.17) is 0 Å². The van der Waals surface area contributed by atoms with E-state index in [1.165, 1.54) is 0 Å². The van der Waals surface area contributed by atoms with Gasteiger partial charge in [-0.05, 0) is 0 Å². The first-order valence-corrected chi connectivity index (χ1v) is 0. The Balaban J connectivity index is 0. The summed E-state index contributed by atoms with van der Waals surface area (Å²) >= 11 is 0. The van der Waals surface area contributed by atoms with Gasteiger partial charge in [-0.3, -0.25) is 0 Å². The van der Waals surface area contributed by atoms with Crippen LogP contribution >= 0.6 is 0 Å². The normalized spacial score (nSPS) is 0. The standard InChI is InChI=1S/Mo.H2O.Sb.V.3H/h;1H2;;;;;. The van der Waals surface area contributed by atoms with Crippen LogP contribution in [0.15, 0.2) is 0 Å². The zero-order valence-corrected chi connectivity index (χ0v) is 9.50. The molecule has 0 aromatic carbocycles. The molecule has 0 aromatic rings. The second kappa shape index (κ2) is 19.7. The third kappa shape index (κ3) is 8.96. The smallest absolute Gasteiger partial charge is 0 e. The van der Waals surface area contributed by atoms with E-state index in [9.17, 15) is 0 Å². The van der Waals surface area contributed by atoms with Gasteiger partial charge in [-0.15, -0.1) is 0 Å². The maximum Gasteiger partial charge on any atom is 0 e. The molecule has 0 unspecified atom stereocenters. The molecule has 0 amide bonds. The predicted molar refractivity (Wildman–Crippen MR) is 13.6 cm³/mol. The first kappa shape index (κ1) is 36.7. The molecule has 0 rings (SSSR count). The summed E-state index contributed by atoms with van der Waals surface area (Å²) in [4.78, 5) is 0. The third-order valence-corrected chi connectivity index (χ3v) is 0. The monoisotopic (exact) mass is 291 g/mol. The van der Waals surface area contributed by atoms with E-state index >= 15 is 0 Å².